The highest BCUT2D eigenvalue weighted by molar-refractivity contribution is 5.88. The van der Waals surface area contributed by atoms with E-state index in [-0.39, 0.29) is 5.56 Å². The molecular weight excluding hydrogens is 292 g/mol. The van der Waals surface area contributed by atoms with E-state index in [1.807, 2.05) is 13.0 Å². The lowest BCUT2D eigenvalue weighted by molar-refractivity contribution is 0.0697. The molecule has 1 aromatic carbocycles. The molecule has 0 unspecified atom stereocenters. The predicted molar refractivity (Wildman–Crippen MR) is 89.3 cm³/mol. The minimum Gasteiger partial charge on any atom is -0.478 e. The van der Waals surface area contributed by atoms with Crippen molar-refractivity contribution in [3.8, 4) is 0 Å². The van der Waals surface area contributed by atoms with Crippen molar-refractivity contribution in [1.82, 2.24) is 9.97 Å². The lowest BCUT2D eigenvalue weighted by atomic mass is 10.2. The van der Waals surface area contributed by atoms with E-state index in [1.165, 1.54) is 25.7 Å². The van der Waals surface area contributed by atoms with Crippen LogP contribution in [0.1, 0.15) is 41.9 Å². The zero-order valence-corrected chi connectivity index (χ0v) is 13.0. The van der Waals surface area contributed by atoms with Crippen LogP contribution in [0.15, 0.2) is 30.3 Å². The first-order chi connectivity index (χ1) is 11.1. The third kappa shape index (κ3) is 3.97. The van der Waals surface area contributed by atoms with Crippen LogP contribution >= 0.6 is 0 Å². The molecule has 120 valence electrons. The minimum absolute atomic E-state index is 0.262. The van der Waals surface area contributed by atoms with Gasteiger partial charge in [-0.25, -0.2) is 14.8 Å². The summed E-state index contributed by atoms with van der Waals surface area (Å²) in [5.74, 6) is 1.28. The van der Waals surface area contributed by atoms with Crippen molar-refractivity contribution < 1.29 is 9.90 Å². The summed E-state index contributed by atoms with van der Waals surface area (Å²) in [7, 11) is 0. The lowest BCUT2D eigenvalue weighted by Gasteiger charge is -2.14. The molecule has 2 aromatic rings. The Morgan fingerprint density at radius 2 is 1.78 bits per heavy atom. The molecule has 0 bridgehead atoms. The van der Waals surface area contributed by atoms with E-state index in [0.29, 0.717) is 17.7 Å². The fourth-order valence-corrected chi connectivity index (χ4v) is 2.83. The average molecular weight is 312 g/mol. The Bertz CT molecular complexity index is 694. The van der Waals surface area contributed by atoms with E-state index in [0.717, 1.165) is 11.5 Å². The van der Waals surface area contributed by atoms with Crippen molar-refractivity contribution in [3.05, 3.63) is 41.7 Å². The summed E-state index contributed by atoms with van der Waals surface area (Å²) in [5, 5.41) is 15.6. The van der Waals surface area contributed by atoms with Gasteiger partial charge < -0.3 is 15.7 Å². The van der Waals surface area contributed by atoms with E-state index in [1.54, 1.807) is 24.3 Å². The second-order valence-corrected chi connectivity index (χ2v) is 5.82. The first-order valence-electron chi connectivity index (χ1n) is 7.83. The van der Waals surface area contributed by atoms with E-state index in [4.69, 9.17) is 5.11 Å². The Morgan fingerprint density at radius 3 is 2.43 bits per heavy atom. The predicted octanol–water partition coefficient (Wildman–Crippen LogP) is 3.58. The third-order valence-corrected chi connectivity index (χ3v) is 3.95. The summed E-state index contributed by atoms with van der Waals surface area (Å²) in [4.78, 5) is 19.7. The zero-order valence-electron chi connectivity index (χ0n) is 13.0. The quantitative estimate of drug-likeness (QED) is 0.782. The molecule has 23 heavy (non-hydrogen) atoms. The molecule has 3 rings (SSSR count). The molecule has 0 saturated heterocycles. The molecule has 0 amide bonds. The summed E-state index contributed by atoms with van der Waals surface area (Å²) in [5.41, 5.74) is 1.05. The zero-order chi connectivity index (χ0) is 16.2. The van der Waals surface area contributed by atoms with Crippen LogP contribution in [-0.4, -0.2) is 27.1 Å². The molecule has 1 aromatic heterocycles. The number of carboxylic acid groups (broad SMARTS) is 1. The fraction of sp³-hybridized carbons (Fsp3) is 0.353. The van der Waals surface area contributed by atoms with Crippen LogP contribution in [0.4, 0.5) is 17.3 Å². The first kappa shape index (κ1) is 15.3. The Kier molecular flexibility index (Phi) is 4.41. The number of anilines is 3. The molecule has 0 aliphatic heterocycles. The van der Waals surface area contributed by atoms with Crippen molar-refractivity contribution in [2.75, 3.05) is 10.6 Å². The summed E-state index contributed by atoms with van der Waals surface area (Å²) < 4.78 is 0. The van der Waals surface area contributed by atoms with Crippen molar-refractivity contribution in [2.24, 2.45) is 0 Å². The maximum Gasteiger partial charge on any atom is 0.335 e. The van der Waals surface area contributed by atoms with Crippen LogP contribution in [0.2, 0.25) is 0 Å². The van der Waals surface area contributed by atoms with Crippen molar-refractivity contribution in [2.45, 2.75) is 38.6 Å². The topological polar surface area (TPSA) is 87.1 Å². The second kappa shape index (κ2) is 6.64. The number of aryl methyl sites for hydroxylation is 1. The van der Waals surface area contributed by atoms with Crippen molar-refractivity contribution in [3.63, 3.8) is 0 Å². The van der Waals surface area contributed by atoms with E-state index >= 15 is 0 Å². The van der Waals surface area contributed by atoms with Gasteiger partial charge in [-0.15, -0.1) is 0 Å². The van der Waals surface area contributed by atoms with Gasteiger partial charge in [0.2, 0.25) is 0 Å². The number of carbonyl (C=O) groups is 1. The Balaban J connectivity index is 1.73. The highest BCUT2D eigenvalue weighted by Gasteiger charge is 2.15. The highest BCUT2D eigenvalue weighted by atomic mass is 16.4. The van der Waals surface area contributed by atoms with E-state index in [2.05, 4.69) is 20.6 Å². The molecule has 1 aliphatic rings. The number of nitrogens with one attached hydrogen (secondary N) is 2. The number of nitrogens with zero attached hydrogens (tertiary/aromatic N) is 2. The van der Waals surface area contributed by atoms with Crippen molar-refractivity contribution in [1.29, 1.82) is 0 Å². The summed E-state index contributed by atoms with van der Waals surface area (Å²) in [6, 6.07) is 8.96. The van der Waals surface area contributed by atoms with Gasteiger partial charge in [0.15, 0.2) is 0 Å². The molecule has 0 radical (unpaired) electrons. The molecule has 1 saturated carbocycles. The summed E-state index contributed by atoms with van der Waals surface area (Å²) in [6.07, 6.45) is 4.90. The van der Waals surface area contributed by atoms with Crippen LogP contribution in [0.25, 0.3) is 0 Å². The lowest BCUT2D eigenvalue weighted by Crippen LogP contribution is -2.16. The van der Waals surface area contributed by atoms with Crippen LogP contribution in [0.5, 0.6) is 0 Å². The third-order valence-electron chi connectivity index (χ3n) is 3.95. The number of aromatic nitrogens is 2. The first-order valence-corrected chi connectivity index (χ1v) is 7.83. The largest absolute Gasteiger partial charge is 0.478 e. The van der Waals surface area contributed by atoms with E-state index in [9.17, 15) is 4.79 Å². The molecular formula is C17H20N4O2. The number of hydrogen-bond donors (Lipinski definition) is 3. The number of benzene rings is 1. The van der Waals surface area contributed by atoms with Crippen LogP contribution in [-0.2, 0) is 0 Å². The SMILES string of the molecule is Cc1nc(Nc2ccc(C(=O)O)cc2)cc(NC2CCCC2)n1. The number of hydrogen-bond acceptors (Lipinski definition) is 5. The highest BCUT2D eigenvalue weighted by Crippen LogP contribution is 2.23. The molecule has 1 heterocycles. The molecule has 6 nitrogen and oxygen atoms in total. The van der Waals surface area contributed by atoms with Gasteiger partial charge in [-0.2, -0.15) is 0 Å². The van der Waals surface area contributed by atoms with Gasteiger partial charge in [-0.3, -0.25) is 0 Å². The monoisotopic (exact) mass is 312 g/mol. The molecule has 0 spiro atoms. The Hall–Kier alpha value is -2.63. The number of rotatable bonds is 5. The maximum atomic E-state index is 10.9. The van der Waals surface area contributed by atoms with Crippen molar-refractivity contribution >= 4 is 23.3 Å². The Labute approximate surface area is 135 Å². The normalized spacial score (nSPS) is 14.7. The average Bonchev–Trinajstić information content (AvgIpc) is 3.00. The van der Waals surface area contributed by atoms with Gasteiger partial charge >= 0.3 is 5.97 Å². The van der Waals surface area contributed by atoms with Gasteiger partial charge in [0.05, 0.1) is 5.56 Å². The Morgan fingerprint density at radius 1 is 1.13 bits per heavy atom. The smallest absolute Gasteiger partial charge is 0.335 e. The van der Waals surface area contributed by atoms with Crippen LogP contribution in [0.3, 0.4) is 0 Å². The van der Waals surface area contributed by atoms with Crippen LogP contribution in [0, 0.1) is 6.92 Å². The molecule has 1 aliphatic carbocycles. The van der Waals surface area contributed by atoms with Gasteiger partial charge in [-0.1, -0.05) is 12.8 Å². The van der Waals surface area contributed by atoms with Gasteiger partial charge in [0.1, 0.15) is 17.5 Å². The second-order valence-electron chi connectivity index (χ2n) is 5.82. The van der Waals surface area contributed by atoms with Gasteiger partial charge in [0, 0.05) is 17.8 Å². The number of carboxylic acids is 1. The fourth-order valence-electron chi connectivity index (χ4n) is 2.83. The molecule has 1 fully saturated rings. The summed E-state index contributed by atoms with van der Waals surface area (Å²) in [6.45, 7) is 1.86. The van der Waals surface area contributed by atoms with Gasteiger partial charge in [-0.05, 0) is 44.0 Å². The number of aromatic carboxylic acids is 1. The minimum atomic E-state index is -0.933. The maximum absolute atomic E-state index is 10.9. The van der Waals surface area contributed by atoms with Crippen LogP contribution < -0.4 is 10.6 Å². The van der Waals surface area contributed by atoms with Gasteiger partial charge in [0.25, 0.3) is 0 Å². The summed E-state index contributed by atoms with van der Waals surface area (Å²) >= 11 is 0. The molecule has 0 atom stereocenters. The van der Waals surface area contributed by atoms with E-state index < -0.39 is 5.97 Å². The molecule has 6 heteroatoms. The standard InChI is InChI=1S/C17H20N4O2/c1-11-18-15(20-13-4-2-3-5-13)10-16(19-11)21-14-8-6-12(7-9-14)17(22)23/h6-10,13H,2-5H2,1H3,(H,22,23)(H2,18,19,20,21). The molecule has 3 N–H and O–H groups in total.